The monoisotopic (exact) mass is 264 g/mol. The van der Waals surface area contributed by atoms with E-state index in [0.717, 1.165) is 32.7 Å². The third-order valence-electron chi connectivity index (χ3n) is 3.72. The maximum absolute atomic E-state index is 12.2. The zero-order chi connectivity index (χ0) is 13.2. The van der Waals surface area contributed by atoms with E-state index in [1.54, 1.807) is 0 Å². The quantitative estimate of drug-likeness (QED) is 0.785. The Labute approximate surface area is 112 Å². The molecule has 3 rings (SSSR count). The van der Waals surface area contributed by atoms with Crippen molar-refractivity contribution < 1.29 is 9.53 Å². The second-order valence-electron chi connectivity index (χ2n) is 5.39. The van der Waals surface area contributed by atoms with Crippen LogP contribution in [0.3, 0.4) is 0 Å². The molecule has 2 saturated heterocycles. The van der Waals surface area contributed by atoms with Gasteiger partial charge in [0, 0.05) is 44.8 Å². The maximum atomic E-state index is 12.2. The van der Waals surface area contributed by atoms with Gasteiger partial charge in [0.05, 0.1) is 19.4 Å². The van der Waals surface area contributed by atoms with E-state index in [1.165, 1.54) is 5.56 Å². The number of nitrogens with zero attached hydrogens (tertiary/aromatic N) is 4. The summed E-state index contributed by atoms with van der Waals surface area (Å²) < 4.78 is 7.23. The van der Waals surface area contributed by atoms with Gasteiger partial charge in [0.15, 0.2) is 0 Å². The summed E-state index contributed by atoms with van der Waals surface area (Å²) in [6.45, 7) is 7.39. The Morgan fingerprint density at radius 3 is 2.74 bits per heavy atom. The molecule has 2 amide bonds. The Morgan fingerprint density at radius 2 is 2.11 bits per heavy atom. The lowest BCUT2D eigenvalue weighted by Crippen LogP contribution is -2.57. The van der Waals surface area contributed by atoms with Gasteiger partial charge in [-0.15, -0.1) is 0 Å². The fourth-order valence-electron chi connectivity index (χ4n) is 2.63. The number of urea groups is 1. The van der Waals surface area contributed by atoms with Gasteiger partial charge in [0.1, 0.15) is 0 Å². The summed E-state index contributed by atoms with van der Waals surface area (Å²) in [5.41, 5.74) is 1.18. The van der Waals surface area contributed by atoms with Crippen molar-refractivity contribution in [3.63, 3.8) is 0 Å². The van der Waals surface area contributed by atoms with E-state index in [2.05, 4.69) is 5.10 Å². The molecule has 2 fully saturated rings. The van der Waals surface area contributed by atoms with Crippen LogP contribution >= 0.6 is 0 Å². The van der Waals surface area contributed by atoms with Crippen LogP contribution in [0.4, 0.5) is 4.79 Å². The first-order valence-electron chi connectivity index (χ1n) is 6.83. The molecule has 0 atom stereocenters. The van der Waals surface area contributed by atoms with Crippen LogP contribution in [0, 0.1) is 12.8 Å². The summed E-state index contributed by atoms with van der Waals surface area (Å²) >= 11 is 0. The minimum absolute atomic E-state index is 0.163. The van der Waals surface area contributed by atoms with Crippen molar-refractivity contribution in [1.29, 1.82) is 0 Å². The molecular formula is C13H20N4O2. The number of amides is 2. The van der Waals surface area contributed by atoms with Gasteiger partial charge in [-0.3, -0.25) is 4.68 Å². The highest BCUT2D eigenvalue weighted by Gasteiger charge is 2.33. The lowest BCUT2D eigenvalue weighted by Gasteiger charge is -2.42. The molecule has 19 heavy (non-hydrogen) atoms. The summed E-state index contributed by atoms with van der Waals surface area (Å²) in [7, 11) is 0. The highest BCUT2D eigenvalue weighted by molar-refractivity contribution is 5.75. The van der Waals surface area contributed by atoms with Crippen molar-refractivity contribution in [3.8, 4) is 0 Å². The van der Waals surface area contributed by atoms with Crippen LogP contribution in [0.2, 0.25) is 0 Å². The third-order valence-corrected chi connectivity index (χ3v) is 3.72. The number of likely N-dealkylation sites (tertiary alicyclic amines) is 1. The van der Waals surface area contributed by atoms with E-state index in [4.69, 9.17) is 4.74 Å². The third kappa shape index (κ3) is 2.73. The molecule has 0 unspecified atom stereocenters. The molecule has 0 N–H and O–H groups in total. The van der Waals surface area contributed by atoms with Crippen LogP contribution in [0.1, 0.15) is 5.56 Å². The Balaban J connectivity index is 1.45. The number of aromatic nitrogens is 2. The lowest BCUT2D eigenvalue weighted by molar-refractivity contribution is 0.0265. The van der Waals surface area contributed by atoms with Gasteiger partial charge in [0.2, 0.25) is 0 Å². The van der Waals surface area contributed by atoms with Gasteiger partial charge in [-0.25, -0.2) is 4.79 Å². The van der Waals surface area contributed by atoms with Gasteiger partial charge in [-0.1, -0.05) is 0 Å². The first kappa shape index (κ1) is 12.5. The van der Waals surface area contributed by atoms with Crippen molar-refractivity contribution in [1.82, 2.24) is 19.6 Å². The number of hydrogen-bond acceptors (Lipinski definition) is 3. The summed E-state index contributed by atoms with van der Waals surface area (Å²) in [4.78, 5) is 16.0. The van der Waals surface area contributed by atoms with Crippen LogP contribution in [0.15, 0.2) is 12.4 Å². The van der Waals surface area contributed by atoms with E-state index in [9.17, 15) is 4.79 Å². The van der Waals surface area contributed by atoms with Crippen LogP contribution < -0.4 is 0 Å². The highest BCUT2D eigenvalue weighted by atomic mass is 16.5. The predicted octanol–water partition coefficient (Wildman–Crippen LogP) is 0.576. The molecule has 0 spiro atoms. The molecule has 2 aliphatic rings. The van der Waals surface area contributed by atoms with Crippen molar-refractivity contribution in [2.75, 3.05) is 39.4 Å². The van der Waals surface area contributed by atoms with Crippen LogP contribution in [0.25, 0.3) is 0 Å². The molecule has 6 heteroatoms. The average molecular weight is 264 g/mol. The lowest BCUT2D eigenvalue weighted by atomic mass is 10.0. The zero-order valence-electron chi connectivity index (χ0n) is 11.3. The molecule has 0 radical (unpaired) electrons. The normalized spacial score (nSPS) is 20.5. The van der Waals surface area contributed by atoms with Crippen LogP contribution in [-0.2, 0) is 11.3 Å². The average Bonchev–Trinajstić information content (AvgIpc) is 2.79. The molecule has 0 aliphatic carbocycles. The second-order valence-corrected chi connectivity index (χ2v) is 5.39. The standard InChI is InChI=1S/C13H20N4O2/c1-11-6-14-17(7-11)10-12-8-16(9-12)13(18)15-2-4-19-5-3-15/h6-7,12H,2-5,8-10H2,1H3. The molecule has 104 valence electrons. The number of hydrogen-bond donors (Lipinski definition) is 0. The SMILES string of the molecule is Cc1cnn(CC2CN(C(=O)N3CCOCC3)C2)c1. The van der Waals surface area contributed by atoms with Crippen molar-refractivity contribution in [2.24, 2.45) is 5.92 Å². The Bertz CT molecular complexity index is 447. The van der Waals surface area contributed by atoms with E-state index in [1.807, 2.05) is 33.8 Å². The molecule has 2 aliphatic heterocycles. The van der Waals surface area contributed by atoms with Gasteiger partial charge < -0.3 is 14.5 Å². The zero-order valence-corrected chi connectivity index (χ0v) is 11.3. The fourth-order valence-corrected chi connectivity index (χ4v) is 2.63. The number of rotatable bonds is 2. The van der Waals surface area contributed by atoms with Crippen molar-refractivity contribution in [2.45, 2.75) is 13.5 Å². The van der Waals surface area contributed by atoms with Crippen LogP contribution in [-0.4, -0.2) is 65.0 Å². The minimum Gasteiger partial charge on any atom is -0.378 e. The van der Waals surface area contributed by atoms with E-state index in [0.29, 0.717) is 19.1 Å². The number of carbonyl (C=O) groups excluding carboxylic acids is 1. The number of morpholine rings is 1. The largest absolute Gasteiger partial charge is 0.378 e. The summed E-state index contributed by atoms with van der Waals surface area (Å²) in [6, 6.07) is 0.163. The summed E-state index contributed by atoms with van der Waals surface area (Å²) in [6.07, 6.45) is 3.92. The summed E-state index contributed by atoms with van der Waals surface area (Å²) in [5, 5.41) is 4.28. The highest BCUT2D eigenvalue weighted by Crippen LogP contribution is 2.19. The van der Waals surface area contributed by atoms with Gasteiger partial charge in [-0.2, -0.15) is 5.10 Å². The Hall–Kier alpha value is -1.56. The smallest absolute Gasteiger partial charge is 0.320 e. The Kier molecular flexibility index (Phi) is 3.42. The van der Waals surface area contributed by atoms with Crippen molar-refractivity contribution in [3.05, 3.63) is 18.0 Å². The Morgan fingerprint density at radius 1 is 1.37 bits per heavy atom. The van der Waals surface area contributed by atoms with E-state index in [-0.39, 0.29) is 6.03 Å². The second kappa shape index (κ2) is 5.21. The molecule has 3 heterocycles. The molecular weight excluding hydrogens is 244 g/mol. The topological polar surface area (TPSA) is 50.6 Å². The molecule has 1 aromatic heterocycles. The van der Waals surface area contributed by atoms with Gasteiger partial charge in [0.25, 0.3) is 0 Å². The number of aryl methyl sites for hydroxylation is 1. The van der Waals surface area contributed by atoms with Gasteiger partial charge in [-0.05, 0) is 12.5 Å². The predicted molar refractivity (Wildman–Crippen MR) is 69.8 cm³/mol. The first-order valence-corrected chi connectivity index (χ1v) is 6.83. The fraction of sp³-hybridized carbons (Fsp3) is 0.692. The maximum Gasteiger partial charge on any atom is 0.320 e. The van der Waals surface area contributed by atoms with Crippen molar-refractivity contribution >= 4 is 6.03 Å². The molecule has 0 bridgehead atoms. The first-order chi connectivity index (χ1) is 9.22. The van der Waals surface area contributed by atoms with E-state index >= 15 is 0 Å². The molecule has 0 saturated carbocycles. The van der Waals surface area contributed by atoms with E-state index < -0.39 is 0 Å². The molecule has 0 aromatic carbocycles. The number of ether oxygens (including phenoxy) is 1. The summed E-state index contributed by atoms with van der Waals surface area (Å²) in [5.74, 6) is 0.532. The molecule has 6 nitrogen and oxygen atoms in total. The van der Waals surface area contributed by atoms with Gasteiger partial charge >= 0.3 is 6.03 Å². The van der Waals surface area contributed by atoms with Crippen LogP contribution in [0.5, 0.6) is 0 Å². The number of carbonyl (C=O) groups is 1. The minimum atomic E-state index is 0.163. The molecule has 1 aromatic rings.